The van der Waals surface area contributed by atoms with Crippen LogP contribution in [0.15, 0.2) is 24.3 Å². The molecule has 3 nitrogen and oxygen atoms in total. The summed E-state index contributed by atoms with van der Waals surface area (Å²) in [7, 11) is 0. The van der Waals surface area contributed by atoms with Crippen molar-refractivity contribution >= 4 is 0 Å². The maximum atomic E-state index is 13.0. The molecule has 0 bridgehead atoms. The van der Waals surface area contributed by atoms with E-state index in [0.29, 0.717) is 12.6 Å². The Balaban J connectivity index is 2.64. The van der Waals surface area contributed by atoms with Crippen LogP contribution >= 0.6 is 0 Å². The first kappa shape index (κ1) is 17.1. The van der Waals surface area contributed by atoms with Gasteiger partial charge in [-0.05, 0) is 44.5 Å². The molecule has 1 rings (SSSR count). The third-order valence-corrected chi connectivity index (χ3v) is 3.55. The maximum absolute atomic E-state index is 13.0. The second-order valence-electron chi connectivity index (χ2n) is 5.30. The third-order valence-electron chi connectivity index (χ3n) is 3.55. The third kappa shape index (κ3) is 5.57. The molecule has 0 fully saturated rings. The van der Waals surface area contributed by atoms with Crippen molar-refractivity contribution in [2.24, 2.45) is 0 Å². The molecule has 0 spiro atoms. The Morgan fingerprint density at radius 3 is 2.35 bits per heavy atom. The van der Waals surface area contributed by atoms with E-state index in [1.165, 1.54) is 12.1 Å². The first-order valence-electron chi connectivity index (χ1n) is 7.42. The molecule has 1 unspecified atom stereocenters. The summed E-state index contributed by atoms with van der Waals surface area (Å²) >= 11 is 0. The molecule has 0 heterocycles. The molecule has 0 radical (unpaired) electrons. The van der Waals surface area contributed by atoms with Gasteiger partial charge in [0.2, 0.25) is 0 Å². The molecule has 0 saturated heterocycles. The zero-order valence-electron chi connectivity index (χ0n) is 12.8. The van der Waals surface area contributed by atoms with Crippen molar-refractivity contribution in [3.63, 3.8) is 0 Å². The number of hydrogen-bond donors (Lipinski definition) is 2. The predicted octanol–water partition coefficient (Wildman–Crippen LogP) is 2.57. The smallest absolute Gasteiger partial charge is 0.123 e. The van der Waals surface area contributed by atoms with Crippen LogP contribution in [0.4, 0.5) is 4.39 Å². The minimum atomic E-state index is -0.201. The maximum Gasteiger partial charge on any atom is 0.123 e. The van der Waals surface area contributed by atoms with Crippen LogP contribution in [0.3, 0.4) is 0 Å². The largest absolute Gasteiger partial charge is 0.395 e. The average molecular weight is 282 g/mol. The second kappa shape index (κ2) is 9.06. The Hall–Kier alpha value is -0.970. The molecule has 114 valence electrons. The summed E-state index contributed by atoms with van der Waals surface area (Å²) in [6.07, 6.45) is 0.942. The summed E-state index contributed by atoms with van der Waals surface area (Å²) < 4.78 is 13.0. The van der Waals surface area contributed by atoms with Gasteiger partial charge in [-0.3, -0.25) is 4.90 Å². The Bertz CT molecular complexity index is 367. The van der Waals surface area contributed by atoms with Gasteiger partial charge in [0.25, 0.3) is 0 Å². The van der Waals surface area contributed by atoms with Gasteiger partial charge in [0.15, 0.2) is 0 Å². The van der Waals surface area contributed by atoms with Crippen LogP contribution in [0.25, 0.3) is 0 Å². The standard InChI is InChI=1S/C16H27FN2O/c1-4-18-16(14-5-7-15(17)8-6-14)9-10-19(11-12-20)13(2)3/h5-8,13,16,18,20H,4,9-12H2,1-3H3. The van der Waals surface area contributed by atoms with Gasteiger partial charge in [-0.15, -0.1) is 0 Å². The van der Waals surface area contributed by atoms with Crippen LogP contribution in [-0.2, 0) is 0 Å². The van der Waals surface area contributed by atoms with E-state index in [1.807, 2.05) is 12.1 Å². The lowest BCUT2D eigenvalue weighted by Crippen LogP contribution is -2.36. The fraction of sp³-hybridized carbons (Fsp3) is 0.625. The van der Waals surface area contributed by atoms with Crippen LogP contribution in [0, 0.1) is 5.82 Å². The Morgan fingerprint density at radius 2 is 1.85 bits per heavy atom. The van der Waals surface area contributed by atoms with Crippen LogP contribution in [0.2, 0.25) is 0 Å². The SMILES string of the molecule is CCNC(CCN(CCO)C(C)C)c1ccc(F)cc1. The molecule has 1 aromatic rings. The van der Waals surface area contributed by atoms with E-state index in [2.05, 4.69) is 31.0 Å². The normalized spacial score (nSPS) is 13.2. The lowest BCUT2D eigenvalue weighted by Gasteiger charge is -2.28. The number of aliphatic hydroxyl groups excluding tert-OH is 1. The van der Waals surface area contributed by atoms with E-state index < -0.39 is 0 Å². The summed E-state index contributed by atoms with van der Waals surface area (Å²) in [6.45, 7) is 9.01. The number of rotatable bonds is 9. The number of aliphatic hydroxyl groups is 1. The average Bonchev–Trinajstić information content (AvgIpc) is 2.42. The van der Waals surface area contributed by atoms with Gasteiger partial charge in [0.1, 0.15) is 5.82 Å². The molecule has 20 heavy (non-hydrogen) atoms. The highest BCUT2D eigenvalue weighted by Gasteiger charge is 2.14. The van der Waals surface area contributed by atoms with E-state index in [0.717, 1.165) is 25.1 Å². The topological polar surface area (TPSA) is 35.5 Å². The number of nitrogens with one attached hydrogen (secondary N) is 1. The van der Waals surface area contributed by atoms with E-state index in [9.17, 15) is 4.39 Å². The summed E-state index contributed by atoms with van der Waals surface area (Å²) in [6, 6.07) is 7.34. The first-order chi connectivity index (χ1) is 9.58. The highest BCUT2D eigenvalue weighted by atomic mass is 19.1. The summed E-state index contributed by atoms with van der Waals surface area (Å²) in [4.78, 5) is 2.26. The monoisotopic (exact) mass is 282 g/mol. The van der Waals surface area contributed by atoms with Crippen molar-refractivity contribution in [3.05, 3.63) is 35.6 Å². The lowest BCUT2D eigenvalue weighted by atomic mass is 10.0. The molecule has 0 amide bonds. The van der Waals surface area contributed by atoms with Crippen molar-refractivity contribution in [1.82, 2.24) is 10.2 Å². The minimum Gasteiger partial charge on any atom is -0.395 e. The molecule has 0 aromatic heterocycles. The van der Waals surface area contributed by atoms with Crippen LogP contribution < -0.4 is 5.32 Å². The van der Waals surface area contributed by atoms with Crippen molar-refractivity contribution < 1.29 is 9.50 Å². The minimum absolute atomic E-state index is 0.181. The van der Waals surface area contributed by atoms with Gasteiger partial charge in [-0.1, -0.05) is 19.1 Å². The highest BCUT2D eigenvalue weighted by Crippen LogP contribution is 2.18. The number of halogens is 1. The van der Waals surface area contributed by atoms with Crippen molar-refractivity contribution in [3.8, 4) is 0 Å². The Labute approximate surface area is 121 Å². The van der Waals surface area contributed by atoms with E-state index in [1.54, 1.807) is 0 Å². The fourth-order valence-electron chi connectivity index (χ4n) is 2.38. The van der Waals surface area contributed by atoms with Crippen LogP contribution in [-0.4, -0.2) is 42.3 Å². The van der Waals surface area contributed by atoms with Crippen LogP contribution in [0.5, 0.6) is 0 Å². The number of benzene rings is 1. The van der Waals surface area contributed by atoms with Gasteiger partial charge in [-0.2, -0.15) is 0 Å². The zero-order valence-corrected chi connectivity index (χ0v) is 12.8. The number of nitrogens with zero attached hydrogens (tertiary/aromatic N) is 1. The van der Waals surface area contributed by atoms with Crippen LogP contribution in [0.1, 0.15) is 38.8 Å². The molecular formula is C16H27FN2O. The number of hydrogen-bond acceptors (Lipinski definition) is 3. The van der Waals surface area contributed by atoms with Gasteiger partial charge in [0, 0.05) is 25.2 Å². The molecule has 0 aliphatic carbocycles. The first-order valence-corrected chi connectivity index (χ1v) is 7.42. The zero-order chi connectivity index (χ0) is 15.0. The summed E-state index contributed by atoms with van der Waals surface area (Å²) in [5.74, 6) is -0.201. The van der Waals surface area contributed by atoms with Crippen molar-refractivity contribution in [1.29, 1.82) is 0 Å². The van der Waals surface area contributed by atoms with Gasteiger partial charge in [-0.25, -0.2) is 4.39 Å². The molecule has 4 heteroatoms. The van der Waals surface area contributed by atoms with E-state index in [-0.39, 0.29) is 18.5 Å². The second-order valence-corrected chi connectivity index (χ2v) is 5.30. The van der Waals surface area contributed by atoms with Gasteiger partial charge < -0.3 is 10.4 Å². The molecular weight excluding hydrogens is 255 g/mol. The van der Waals surface area contributed by atoms with Crippen molar-refractivity contribution in [2.75, 3.05) is 26.2 Å². The Kier molecular flexibility index (Phi) is 7.73. The van der Waals surface area contributed by atoms with Gasteiger partial charge in [0.05, 0.1) is 6.61 Å². The molecule has 0 saturated carbocycles. The highest BCUT2D eigenvalue weighted by molar-refractivity contribution is 5.19. The van der Waals surface area contributed by atoms with E-state index >= 15 is 0 Å². The Morgan fingerprint density at radius 1 is 1.20 bits per heavy atom. The molecule has 2 N–H and O–H groups in total. The molecule has 1 aromatic carbocycles. The molecule has 0 aliphatic rings. The summed E-state index contributed by atoms with van der Waals surface area (Å²) in [5, 5.41) is 12.5. The predicted molar refractivity (Wildman–Crippen MR) is 81.2 cm³/mol. The van der Waals surface area contributed by atoms with E-state index in [4.69, 9.17) is 5.11 Å². The van der Waals surface area contributed by atoms with Gasteiger partial charge >= 0.3 is 0 Å². The summed E-state index contributed by atoms with van der Waals surface area (Å²) in [5.41, 5.74) is 1.11. The fourth-order valence-corrected chi connectivity index (χ4v) is 2.38. The molecule has 1 atom stereocenters. The molecule has 0 aliphatic heterocycles. The van der Waals surface area contributed by atoms with Crippen molar-refractivity contribution in [2.45, 2.75) is 39.3 Å². The lowest BCUT2D eigenvalue weighted by molar-refractivity contribution is 0.159. The quantitative estimate of drug-likeness (QED) is 0.731.